The van der Waals surface area contributed by atoms with E-state index in [-0.39, 0.29) is 4.90 Å². The summed E-state index contributed by atoms with van der Waals surface area (Å²) in [5.41, 5.74) is 1.22. The molecule has 0 atom stereocenters. The molecule has 0 spiro atoms. The maximum absolute atomic E-state index is 12.7. The van der Waals surface area contributed by atoms with E-state index in [1.54, 1.807) is 25.1 Å². The van der Waals surface area contributed by atoms with Crippen LogP contribution in [0, 0.1) is 6.92 Å². The topological polar surface area (TPSA) is 104 Å². The monoisotopic (exact) mass is 499 g/mol. The van der Waals surface area contributed by atoms with Crippen molar-refractivity contribution in [2.45, 2.75) is 31.1 Å². The molecule has 11 heteroatoms. The number of nitrogens with zero attached hydrogens (tertiary/aromatic N) is 2. The third-order valence-corrected chi connectivity index (χ3v) is 8.74. The third-order valence-electron chi connectivity index (χ3n) is 5.29. The van der Waals surface area contributed by atoms with Gasteiger partial charge in [0.15, 0.2) is 0 Å². The first-order valence-electron chi connectivity index (χ1n) is 10.1. The first-order chi connectivity index (χ1) is 15.0. The summed E-state index contributed by atoms with van der Waals surface area (Å²) in [7, 11) is -7.32. The maximum atomic E-state index is 12.7. The minimum Gasteiger partial charge on any atom is -0.325 e. The standard InChI is InChI=1S/C21H26ClN3O5S2/c1-16-19(22)7-6-8-20(16)25(31(2,27)28)15-21(26)23-17-9-11-18(12-10-17)32(29,30)24-13-4-3-5-14-24/h6-12H,3-5,13-15H2,1-2H3,(H,23,26). The Morgan fingerprint density at radius 3 is 2.25 bits per heavy atom. The highest BCUT2D eigenvalue weighted by atomic mass is 35.5. The Kier molecular flexibility index (Phi) is 7.49. The number of carbonyl (C=O) groups excluding carboxylic acids is 1. The van der Waals surface area contributed by atoms with Gasteiger partial charge in [0, 0.05) is 23.8 Å². The molecular formula is C21H26ClN3O5S2. The molecule has 1 heterocycles. The van der Waals surface area contributed by atoms with Gasteiger partial charge < -0.3 is 5.32 Å². The normalized spacial score (nSPS) is 15.3. The fraction of sp³-hybridized carbons (Fsp3) is 0.381. The molecule has 0 unspecified atom stereocenters. The second-order valence-corrected chi connectivity index (χ2v) is 11.9. The van der Waals surface area contributed by atoms with E-state index in [1.807, 2.05) is 0 Å². The number of anilines is 2. The summed E-state index contributed by atoms with van der Waals surface area (Å²) in [4.78, 5) is 12.7. The number of piperidine rings is 1. The van der Waals surface area contributed by atoms with Crippen LogP contribution in [0.2, 0.25) is 5.02 Å². The van der Waals surface area contributed by atoms with Crippen LogP contribution in [0.15, 0.2) is 47.4 Å². The first kappa shape index (κ1) is 24.5. The zero-order valence-corrected chi connectivity index (χ0v) is 20.3. The van der Waals surface area contributed by atoms with Crippen molar-refractivity contribution in [3.63, 3.8) is 0 Å². The zero-order chi connectivity index (χ0) is 23.5. The average Bonchev–Trinajstić information content (AvgIpc) is 2.74. The van der Waals surface area contributed by atoms with Gasteiger partial charge in [0.05, 0.1) is 16.8 Å². The highest BCUT2D eigenvalue weighted by molar-refractivity contribution is 7.92. The Balaban J connectivity index is 1.74. The van der Waals surface area contributed by atoms with Crippen LogP contribution >= 0.6 is 11.6 Å². The van der Waals surface area contributed by atoms with E-state index < -0.39 is 32.5 Å². The molecule has 0 aliphatic carbocycles. The number of amides is 1. The van der Waals surface area contributed by atoms with Crippen LogP contribution in [0.5, 0.6) is 0 Å². The van der Waals surface area contributed by atoms with Gasteiger partial charge in [-0.15, -0.1) is 0 Å². The van der Waals surface area contributed by atoms with Crippen LogP contribution in [-0.2, 0) is 24.8 Å². The van der Waals surface area contributed by atoms with Gasteiger partial charge in [-0.25, -0.2) is 16.8 Å². The molecule has 1 saturated heterocycles. The van der Waals surface area contributed by atoms with Gasteiger partial charge in [0.1, 0.15) is 6.54 Å². The molecule has 1 N–H and O–H groups in total. The lowest BCUT2D eigenvalue weighted by Crippen LogP contribution is -2.38. The summed E-state index contributed by atoms with van der Waals surface area (Å²) >= 11 is 6.11. The Bertz CT molecular complexity index is 1190. The van der Waals surface area contributed by atoms with Crippen molar-refractivity contribution in [1.82, 2.24) is 4.31 Å². The van der Waals surface area contributed by atoms with Gasteiger partial charge in [-0.2, -0.15) is 4.31 Å². The molecule has 32 heavy (non-hydrogen) atoms. The number of benzene rings is 2. The van der Waals surface area contributed by atoms with Gasteiger partial charge in [0.25, 0.3) is 0 Å². The molecule has 174 valence electrons. The Morgan fingerprint density at radius 2 is 1.66 bits per heavy atom. The number of hydrogen-bond acceptors (Lipinski definition) is 5. The Morgan fingerprint density at radius 1 is 1.03 bits per heavy atom. The number of halogens is 1. The quantitative estimate of drug-likeness (QED) is 0.629. The minimum absolute atomic E-state index is 0.157. The predicted molar refractivity (Wildman–Crippen MR) is 126 cm³/mol. The number of sulfonamides is 2. The third kappa shape index (κ3) is 5.61. The van der Waals surface area contributed by atoms with Crippen LogP contribution in [0.3, 0.4) is 0 Å². The van der Waals surface area contributed by atoms with Crippen molar-refractivity contribution in [2.24, 2.45) is 0 Å². The second-order valence-electron chi connectivity index (χ2n) is 7.69. The molecular weight excluding hydrogens is 474 g/mol. The van der Waals surface area contributed by atoms with Crippen molar-refractivity contribution in [3.05, 3.63) is 53.1 Å². The molecule has 0 radical (unpaired) electrons. The molecule has 3 rings (SSSR count). The Labute approximate surface area is 194 Å². The van der Waals surface area contributed by atoms with E-state index in [9.17, 15) is 21.6 Å². The predicted octanol–water partition coefficient (Wildman–Crippen LogP) is 3.23. The molecule has 0 saturated carbocycles. The minimum atomic E-state index is -3.75. The number of rotatable bonds is 7. The lowest BCUT2D eigenvalue weighted by Gasteiger charge is -2.26. The molecule has 1 fully saturated rings. The van der Waals surface area contributed by atoms with E-state index in [2.05, 4.69) is 5.32 Å². The van der Waals surface area contributed by atoms with Gasteiger partial charge >= 0.3 is 0 Å². The smallest absolute Gasteiger partial charge is 0.245 e. The van der Waals surface area contributed by atoms with E-state index in [0.29, 0.717) is 35.1 Å². The summed E-state index contributed by atoms with van der Waals surface area (Å²) < 4.78 is 52.6. The molecule has 1 amide bonds. The fourth-order valence-electron chi connectivity index (χ4n) is 3.54. The lowest BCUT2D eigenvalue weighted by molar-refractivity contribution is -0.114. The van der Waals surface area contributed by atoms with E-state index in [0.717, 1.165) is 29.8 Å². The number of nitrogens with one attached hydrogen (secondary N) is 1. The SMILES string of the molecule is Cc1c(Cl)cccc1N(CC(=O)Nc1ccc(S(=O)(=O)N2CCCCC2)cc1)S(C)(=O)=O. The zero-order valence-electron chi connectivity index (χ0n) is 17.9. The van der Waals surface area contributed by atoms with Gasteiger partial charge in [0.2, 0.25) is 26.0 Å². The molecule has 0 aromatic heterocycles. The molecule has 1 aliphatic heterocycles. The van der Waals surface area contributed by atoms with Crippen LogP contribution in [0.25, 0.3) is 0 Å². The van der Waals surface area contributed by atoms with Gasteiger partial charge in [-0.05, 0) is 61.7 Å². The summed E-state index contributed by atoms with van der Waals surface area (Å²) in [6.45, 7) is 2.24. The van der Waals surface area contributed by atoms with Crippen molar-refractivity contribution < 1.29 is 21.6 Å². The molecule has 2 aromatic rings. The Hall–Kier alpha value is -2.14. The maximum Gasteiger partial charge on any atom is 0.245 e. The van der Waals surface area contributed by atoms with E-state index in [4.69, 9.17) is 11.6 Å². The van der Waals surface area contributed by atoms with Crippen molar-refractivity contribution in [2.75, 3.05) is 35.5 Å². The van der Waals surface area contributed by atoms with Crippen LogP contribution in [0.1, 0.15) is 24.8 Å². The van der Waals surface area contributed by atoms with Crippen LogP contribution in [0.4, 0.5) is 11.4 Å². The molecule has 2 aromatic carbocycles. The van der Waals surface area contributed by atoms with E-state index >= 15 is 0 Å². The summed E-state index contributed by atoms with van der Waals surface area (Å²) in [5, 5.41) is 3.01. The second kappa shape index (κ2) is 9.78. The van der Waals surface area contributed by atoms with Gasteiger partial charge in [-0.1, -0.05) is 24.1 Å². The fourth-order valence-corrected chi connectivity index (χ4v) is 6.14. The molecule has 1 aliphatic rings. The molecule has 0 bridgehead atoms. The average molecular weight is 500 g/mol. The summed E-state index contributed by atoms with van der Waals surface area (Å²) in [6.07, 6.45) is 3.73. The largest absolute Gasteiger partial charge is 0.325 e. The van der Waals surface area contributed by atoms with Crippen LogP contribution in [-0.4, -0.2) is 52.9 Å². The highest BCUT2D eigenvalue weighted by Crippen LogP contribution is 2.28. The van der Waals surface area contributed by atoms with Crippen molar-refractivity contribution >= 4 is 48.9 Å². The van der Waals surface area contributed by atoms with Gasteiger partial charge in [-0.3, -0.25) is 9.10 Å². The highest BCUT2D eigenvalue weighted by Gasteiger charge is 2.26. The van der Waals surface area contributed by atoms with E-state index in [1.165, 1.54) is 28.6 Å². The first-order valence-corrected chi connectivity index (χ1v) is 13.8. The summed E-state index contributed by atoms with van der Waals surface area (Å²) in [5.74, 6) is -0.568. The molecule has 8 nitrogen and oxygen atoms in total. The number of carbonyl (C=O) groups is 1. The summed E-state index contributed by atoms with van der Waals surface area (Å²) in [6, 6.07) is 10.7. The lowest BCUT2D eigenvalue weighted by atomic mass is 10.2. The van der Waals surface area contributed by atoms with Crippen molar-refractivity contribution in [1.29, 1.82) is 0 Å². The number of hydrogen-bond donors (Lipinski definition) is 1. The van der Waals surface area contributed by atoms with Crippen molar-refractivity contribution in [3.8, 4) is 0 Å². The van der Waals surface area contributed by atoms with Crippen LogP contribution < -0.4 is 9.62 Å².